The molecule has 8 rings (SSSR count). The molecule has 0 spiro atoms. The van der Waals surface area contributed by atoms with Gasteiger partial charge in [-0.1, -0.05) is 92.7 Å². The Morgan fingerprint density at radius 3 is 2.09 bits per heavy atom. The Balaban J connectivity index is 1.18. The molecule has 220 valence electrons. The molecule has 2 aliphatic rings. The molecule has 1 aliphatic heterocycles. The number of H-pyrrole nitrogens is 2. The fourth-order valence-corrected chi connectivity index (χ4v) is 7.52. The maximum absolute atomic E-state index is 3.90. The van der Waals surface area contributed by atoms with Gasteiger partial charge in [0.25, 0.3) is 0 Å². The van der Waals surface area contributed by atoms with Gasteiger partial charge < -0.3 is 19.8 Å². The monoisotopic (exact) mass is 576 g/mol. The molecule has 1 fully saturated rings. The van der Waals surface area contributed by atoms with Crippen LogP contribution < -0.4 is 9.80 Å². The number of allylic oxidation sites excluding steroid dienone is 2. The van der Waals surface area contributed by atoms with E-state index in [1.807, 2.05) is 6.20 Å². The highest BCUT2D eigenvalue weighted by atomic mass is 15.3. The lowest BCUT2D eigenvalue weighted by molar-refractivity contribution is 0.341. The lowest BCUT2D eigenvalue weighted by Gasteiger charge is -2.38. The molecule has 4 heteroatoms. The molecule has 0 saturated carbocycles. The predicted molar refractivity (Wildman–Crippen MR) is 187 cm³/mol. The van der Waals surface area contributed by atoms with Crippen LogP contribution in [0.4, 0.5) is 11.5 Å². The fourth-order valence-electron chi connectivity index (χ4n) is 7.52. The second kappa shape index (κ2) is 10.8. The molecule has 2 aromatic heterocycles. The first kappa shape index (κ1) is 26.9. The average Bonchev–Trinajstić information content (AvgIpc) is 3.70. The summed E-state index contributed by atoms with van der Waals surface area (Å²) in [5.41, 5.74) is 12.4. The van der Waals surface area contributed by atoms with Crippen molar-refractivity contribution < 1.29 is 0 Å². The van der Waals surface area contributed by atoms with E-state index in [0.717, 1.165) is 39.0 Å². The zero-order valence-electron chi connectivity index (χ0n) is 25.7. The molecule has 44 heavy (non-hydrogen) atoms. The largest absolute Gasteiger partial charge is 0.367 e. The number of nitrogens with zero attached hydrogens (tertiary/aromatic N) is 2. The number of hydrogen-bond acceptors (Lipinski definition) is 2. The highest BCUT2D eigenvalue weighted by molar-refractivity contribution is 6.06. The lowest BCUT2D eigenvalue weighted by Crippen LogP contribution is -2.47. The summed E-state index contributed by atoms with van der Waals surface area (Å²) in [6, 6.07) is 37.7. The van der Waals surface area contributed by atoms with Gasteiger partial charge in [-0.25, -0.2) is 0 Å². The highest BCUT2D eigenvalue weighted by Gasteiger charge is 2.32. The Kier molecular flexibility index (Phi) is 6.59. The topological polar surface area (TPSA) is 38.1 Å². The van der Waals surface area contributed by atoms with Gasteiger partial charge in [0.05, 0.1) is 0 Å². The zero-order chi connectivity index (χ0) is 29.7. The van der Waals surface area contributed by atoms with E-state index in [1.54, 1.807) is 0 Å². The number of benzene rings is 4. The molecule has 0 atom stereocenters. The van der Waals surface area contributed by atoms with Crippen LogP contribution in [0.3, 0.4) is 0 Å². The van der Waals surface area contributed by atoms with Gasteiger partial charge in [0, 0.05) is 65.4 Å². The van der Waals surface area contributed by atoms with Crippen molar-refractivity contribution in [2.45, 2.75) is 33.1 Å². The summed E-state index contributed by atoms with van der Waals surface area (Å²) < 4.78 is 0. The molecule has 2 N–H and O–H groups in total. The van der Waals surface area contributed by atoms with E-state index in [2.05, 4.69) is 137 Å². The minimum absolute atomic E-state index is 0.272. The molecule has 0 unspecified atom stereocenters. The molecule has 0 bridgehead atoms. The molecule has 4 aromatic carbocycles. The van der Waals surface area contributed by atoms with E-state index in [4.69, 9.17) is 0 Å². The van der Waals surface area contributed by atoms with Crippen LogP contribution in [-0.2, 0) is 0 Å². The van der Waals surface area contributed by atoms with Gasteiger partial charge in [-0.05, 0) is 76.8 Å². The SMILES string of the molecule is CC1(C)CCC(c2c(N3CCN(c4cccc5[nH]ccc45)CC3)[nH]c3ccccc23)=C(c2ccc(-c3ccccc3)cc2)C1. The number of nitrogens with one attached hydrogen (secondary N) is 2. The normalized spacial score (nSPS) is 17.1. The number of para-hydroxylation sites is 1. The van der Waals surface area contributed by atoms with E-state index in [1.165, 1.54) is 73.1 Å². The van der Waals surface area contributed by atoms with Crippen LogP contribution in [0.1, 0.15) is 44.2 Å². The maximum atomic E-state index is 3.90. The van der Waals surface area contributed by atoms with Crippen LogP contribution in [0.5, 0.6) is 0 Å². The Morgan fingerprint density at radius 2 is 1.27 bits per heavy atom. The van der Waals surface area contributed by atoms with Crippen molar-refractivity contribution in [3.8, 4) is 11.1 Å². The first-order valence-corrected chi connectivity index (χ1v) is 16.1. The van der Waals surface area contributed by atoms with Crippen molar-refractivity contribution in [1.29, 1.82) is 0 Å². The van der Waals surface area contributed by atoms with Crippen LogP contribution >= 0.6 is 0 Å². The summed E-state index contributed by atoms with van der Waals surface area (Å²) in [7, 11) is 0. The predicted octanol–water partition coefficient (Wildman–Crippen LogP) is 9.76. The van der Waals surface area contributed by atoms with Crippen LogP contribution in [0.2, 0.25) is 0 Å². The number of aromatic amines is 2. The van der Waals surface area contributed by atoms with Crippen molar-refractivity contribution in [1.82, 2.24) is 9.97 Å². The summed E-state index contributed by atoms with van der Waals surface area (Å²) in [6.07, 6.45) is 5.42. The third kappa shape index (κ3) is 4.79. The van der Waals surface area contributed by atoms with E-state index in [-0.39, 0.29) is 5.41 Å². The summed E-state index contributed by atoms with van der Waals surface area (Å²) in [6.45, 7) is 8.84. The summed E-state index contributed by atoms with van der Waals surface area (Å²) in [5.74, 6) is 1.29. The minimum Gasteiger partial charge on any atom is -0.367 e. The van der Waals surface area contributed by atoms with E-state index >= 15 is 0 Å². The number of fused-ring (bicyclic) bond motifs is 2. The first-order valence-electron chi connectivity index (χ1n) is 16.1. The fraction of sp³-hybridized carbons (Fsp3) is 0.250. The lowest BCUT2D eigenvalue weighted by atomic mass is 9.71. The van der Waals surface area contributed by atoms with Crippen LogP contribution in [0, 0.1) is 5.41 Å². The molecule has 0 amide bonds. The maximum Gasteiger partial charge on any atom is 0.114 e. The molecule has 0 radical (unpaired) electrons. The Labute approximate surface area is 260 Å². The van der Waals surface area contributed by atoms with Gasteiger partial charge in [-0.15, -0.1) is 0 Å². The minimum atomic E-state index is 0.272. The Hall–Kier alpha value is -4.70. The van der Waals surface area contributed by atoms with E-state index in [9.17, 15) is 0 Å². The number of aromatic nitrogens is 2. The smallest absolute Gasteiger partial charge is 0.114 e. The number of piperazine rings is 1. The first-order chi connectivity index (χ1) is 21.5. The van der Waals surface area contributed by atoms with Gasteiger partial charge in [0.1, 0.15) is 5.82 Å². The van der Waals surface area contributed by atoms with Crippen molar-refractivity contribution >= 4 is 44.5 Å². The van der Waals surface area contributed by atoms with Crippen LogP contribution in [0.15, 0.2) is 109 Å². The zero-order valence-corrected chi connectivity index (χ0v) is 25.7. The third-order valence-corrected chi connectivity index (χ3v) is 9.91. The highest BCUT2D eigenvalue weighted by Crippen LogP contribution is 2.50. The second-order valence-electron chi connectivity index (χ2n) is 13.3. The Morgan fingerprint density at radius 1 is 0.591 bits per heavy atom. The van der Waals surface area contributed by atoms with E-state index in [0.29, 0.717) is 0 Å². The second-order valence-corrected chi connectivity index (χ2v) is 13.3. The van der Waals surface area contributed by atoms with Crippen LogP contribution in [-0.4, -0.2) is 36.1 Å². The summed E-state index contributed by atoms with van der Waals surface area (Å²) >= 11 is 0. The quantitative estimate of drug-likeness (QED) is 0.214. The molecule has 4 nitrogen and oxygen atoms in total. The molecular formula is C40H40N4. The van der Waals surface area contributed by atoms with Gasteiger partial charge in [-0.2, -0.15) is 0 Å². The number of hydrogen-bond donors (Lipinski definition) is 2. The molecule has 1 aliphatic carbocycles. The average molecular weight is 577 g/mol. The standard InChI is InChI=1S/C40H40N4/c1-40(2)21-19-31(34(27-40)30-17-15-29(16-18-30)28-9-4-3-5-10-28)38-33-11-6-7-12-36(33)42-39(38)44-25-23-43(24-26-44)37-14-8-13-35-32(37)20-22-41-35/h3-18,20,22,41-42H,19,21,23-27H2,1-2H3. The summed E-state index contributed by atoms with van der Waals surface area (Å²) in [4.78, 5) is 12.4. The van der Waals surface area contributed by atoms with Crippen molar-refractivity contribution in [3.05, 3.63) is 120 Å². The van der Waals surface area contributed by atoms with Crippen molar-refractivity contribution in [3.63, 3.8) is 0 Å². The third-order valence-electron chi connectivity index (χ3n) is 9.91. The number of anilines is 2. The van der Waals surface area contributed by atoms with Gasteiger partial charge in [-0.3, -0.25) is 0 Å². The molecule has 6 aromatic rings. The van der Waals surface area contributed by atoms with Crippen molar-refractivity contribution in [2.75, 3.05) is 36.0 Å². The molecular weight excluding hydrogens is 536 g/mol. The van der Waals surface area contributed by atoms with Crippen LogP contribution in [0.25, 0.3) is 44.1 Å². The van der Waals surface area contributed by atoms with Gasteiger partial charge in [0.15, 0.2) is 0 Å². The van der Waals surface area contributed by atoms with Gasteiger partial charge in [0.2, 0.25) is 0 Å². The van der Waals surface area contributed by atoms with E-state index < -0.39 is 0 Å². The van der Waals surface area contributed by atoms with Crippen molar-refractivity contribution in [2.24, 2.45) is 5.41 Å². The molecule has 1 saturated heterocycles. The number of rotatable bonds is 5. The van der Waals surface area contributed by atoms with Gasteiger partial charge >= 0.3 is 0 Å². The summed E-state index contributed by atoms with van der Waals surface area (Å²) in [5, 5.41) is 2.65. The molecule has 3 heterocycles. The Bertz CT molecular complexity index is 1970.